The first-order valence-corrected chi connectivity index (χ1v) is 20.1. The Morgan fingerprint density at radius 2 is 0.842 bits per heavy atom. The molecule has 0 amide bonds. The van der Waals surface area contributed by atoms with Gasteiger partial charge in [-0.1, -0.05) is 152 Å². The van der Waals surface area contributed by atoms with Gasteiger partial charge in [0.1, 0.15) is 11.2 Å². The third-order valence-electron chi connectivity index (χ3n) is 11.1. The Labute approximate surface area is 335 Å². The molecule has 0 spiro atoms. The van der Waals surface area contributed by atoms with E-state index in [1.165, 1.54) is 53.6 Å². The van der Waals surface area contributed by atoms with Gasteiger partial charge in [0.2, 0.25) is 0 Å². The van der Waals surface area contributed by atoms with Crippen molar-refractivity contribution in [2.45, 2.75) is 0 Å². The van der Waals surface area contributed by atoms with Gasteiger partial charge in [-0.2, -0.15) is 0 Å². The van der Waals surface area contributed by atoms with Crippen LogP contribution in [0.15, 0.2) is 217 Å². The fourth-order valence-electron chi connectivity index (χ4n) is 8.27. The van der Waals surface area contributed by atoms with Crippen LogP contribution in [0.25, 0.3) is 86.6 Å². The molecule has 2 heterocycles. The Morgan fingerprint density at radius 3 is 1.51 bits per heavy atom. The van der Waals surface area contributed by atoms with Gasteiger partial charge in [-0.15, -0.1) is 11.3 Å². The van der Waals surface area contributed by atoms with E-state index in [1.54, 1.807) is 0 Å². The van der Waals surface area contributed by atoms with E-state index in [2.05, 4.69) is 211 Å². The van der Waals surface area contributed by atoms with Gasteiger partial charge < -0.3 is 9.32 Å². The summed E-state index contributed by atoms with van der Waals surface area (Å²) in [5.74, 6) is 0. The minimum Gasteiger partial charge on any atom is -0.455 e. The van der Waals surface area contributed by atoms with E-state index in [0.717, 1.165) is 50.1 Å². The van der Waals surface area contributed by atoms with Gasteiger partial charge in [0.05, 0.1) is 0 Å². The normalized spacial score (nSPS) is 11.5. The number of rotatable bonds is 7. The topological polar surface area (TPSA) is 16.4 Å². The van der Waals surface area contributed by atoms with Crippen LogP contribution in [0.4, 0.5) is 17.1 Å². The van der Waals surface area contributed by atoms with Gasteiger partial charge in [-0.05, 0) is 99.6 Å². The number of anilines is 3. The quantitative estimate of drug-likeness (QED) is 0.162. The van der Waals surface area contributed by atoms with Crippen molar-refractivity contribution in [1.82, 2.24) is 0 Å². The van der Waals surface area contributed by atoms with E-state index < -0.39 is 0 Å². The Kier molecular flexibility index (Phi) is 8.04. The predicted molar refractivity (Wildman–Crippen MR) is 243 cm³/mol. The molecule has 11 rings (SSSR count). The molecule has 0 unspecified atom stereocenters. The van der Waals surface area contributed by atoms with Crippen molar-refractivity contribution in [3.63, 3.8) is 0 Å². The number of hydrogen-bond acceptors (Lipinski definition) is 3. The molecule has 2 nitrogen and oxygen atoms in total. The highest BCUT2D eigenvalue weighted by Gasteiger charge is 2.18. The molecule has 0 N–H and O–H groups in total. The third-order valence-corrected chi connectivity index (χ3v) is 12.3. The second kappa shape index (κ2) is 13.8. The van der Waals surface area contributed by atoms with Crippen molar-refractivity contribution in [3.05, 3.63) is 212 Å². The van der Waals surface area contributed by atoms with E-state index in [4.69, 9.17) is 4.42 Å². The van der Waals surface area contributed by atoms with Crippen LogP contribution in [0.2, 0.25) is 0 Å². The summed E-state index contributed by atoms with van der Waals surface area (Å²) in [4.78, 5) is 2.35. The second-order valence-corrected chi connectivity index (χ2v) is 15.5. The van der Waals surface area contributed by atoms with Crippen LogP contribution in [0.1, 0.15) is 0 Å². The van der Waals surface area contributed by atoms with Crippen LogP contribution in [0, 0.1) is 0 Å². The fourth-order valence-corrected chi connectivity index (χ4v) is 9.51. The van der Waals surface area contributed by atoms with Crippen molar-refractivity contribution < 1.29 is 4.42 Å². The number of nitrogens with zero attached hydrogens (tertiary/aromatic N) is 1. The minimum absolute atomic E-state index is 0.896. The zero-order valence-electron chi connectivity index (χ0n) is 31.0. The Bertz CT molecular complexity index is 3200. The molecule has 57 heavy (non-hydrogen) atoms. The van der Waals surface area contributed by atoms with Crippen LogP contribution in [0.3, 0.4) is 0 Å². The van der Waals surface area contributed by atoms with Crippen molar-refractivity contribution in [1.29, 1.82) is 0 Å². The van der Waals surface area contributed by atoms with Gasteiger partial charge in [-0.25, -0.2) is 0 Å². The van der Waals surface area contributed by atoms with Crippen LogP contribution in [-0.2, 0) is 0 Å². The molecule has 0 fully saturated rings. The molecule has 9 aromatic carbocycles. The van der Waals surface area contributed by atoms with Crippen molar-refractivity contribution in [2.24, 2.45) is 0 Å². The van der Waals surface area contributed by atoms with Crippen LogP contribution in [0.5, 0.6) is 0 Å². The smallest absolute Gasteiger partial charge is 0.143 e. The van der Waals surface area contributed by atoms with E-state index >= 15 is 0 Å². The lowest BCUT2D eigenvalue weighted by Gasteiger charge is -2.26. The number of benzene rings is 9. The van der Waals surface area contributed by atoms with E-state index in [9.17, 15) is 0 Å². The summed E-state index contributed by atoms with van der Waals surface area (Å²) in [6.07, 6.45) is 0. The average Bonchev–Trinajstić information content (AvgIpc) is 3.86. The first-order chi connectivity index (χ1) is 28.2. The maximum atomic E-state index is 6.57. The monoisotopic (exact) mass is 745 g/mol. The van der Waals surface area contributed by atoms with Crippen molar-refractivity contribution in [3.8, 4) is 44.5 Å². The number of fused-ring (bicyclic) bond motifs is 6. The largest absolute Gasteiger partial charge is 0.455 e. The average molecular weight is 746 g/mol. The number of thiophene rings is 1. The number of hydrogen-bond donors (Lipinski definition) is 0. The first kappa shape index (κ1) is 33.2. The van der Waals surface area contributed by atoms with Gasteiger partial charge >= 0.3 is 0 Å². The van der Waals surface area contributed by atoms with Crippen LogP contribution < -0.4 is 4.90 Å². The van der Waals surface area contributed by atoms with E-state index in [-0.39, 0.29) is 0 Å². The molecular formula is C54H35NOS. The Hall–Kier alpha value is -7.20. The van der Waals surface area contributed by atoms with Crippen molar-refractivity contribution in [2.75, 3.05) is 4.90 Å². The molecule has 268 valence electrons. The highest BCUT2D eigenvalue weighted by Crippen LogP contribution is 2.43. The summed E-state index contributed by atoms with van der Waals surface area (Å²) in [5, 5.41) is 4.88. The van der Waals surface area contributed by atoms with E-state index in [0.29, 0.717) is 0 Å². The molecule has 0 radical (unpaired) electrons. The fraction of sp³-hybridized carbons (Fsp3) is 0. The Balaban J connectivity index is 1.02. The summed E-state index contributed by atoms with van der Waals surface area (Å²) in [5.41, 5.74) is 14.4. The zero-order valence-corrected chi connectivity index (χ0v) is 31.8. The Morgan fingerprint density at radius 1 is 0.333 bits per heavy atom. The summed E-state index contributed by atoms with van der Waals surface area (Å²) in [7, 11) is 0. The lowest BCUT2D eigenvalue weighted by atomic mass is 9.95. The molecule has 0 bridgehead atoms. The SMILES string of the molecule is c1ccc(-c2ccc(N(c3ccc(-c4cc(-c5ccccc5)cc5c4oc4ccccc45)cc3)c3ccc(-c4cccc5c4sc4ccccc45)cc3)cc2)cc1. The molecule has 0 aliphatic rings. The van der Waals surface area contributed by atoms with Gasteiger partial charge in [-0.3, -0.25) is 0 Å². The summed E-state index contributed by atoms with van der Waals surface area (Å²) >= 11 is 1.87. The predicted octanol–water partition coefficient (Wildman–Crippen LogP) is 16.1. The summed E-state index contributed by atoms with van der Waals surface area (Å²) < 4.78 is 9.22. The third kappa shape index (κ3) is 5.88. The lowest BCUT2D eigenvalue weighted by Crippen LogP contribution is -2.09. The highest BCUT2D eigenvalue weighted by molar-refractivity contribution is 7.26. The van der Waals surface area contributed by atoms with Crippen LogP contribution >= 0.6 is 11.3 Å². The molecule has 0 saturated carbocycles. The standard InChI is InChI=1S/C54H35NOS/c1-3-12-36(13-4-1)38-22-28-42(29-23-38)55(43-30-24-39(25-31-43)45-18-11-19-48-47-17-8-10-21-52(47)57-54(45)48)44-32-26-40(27-33-44)49-34-41(37-14-5-2-6-15-37)35-50-46-16-7-9-20-51(46)56-53(49)50/h1-35H. The summed E-state index contributed by atoms with van der Waals surface area (Å²) in [6.45, 7) is 0. The van der Waals surface area contributed by atoms with E-state index in [1.807, 2.05) is 17.4 Å². The summed E-state index contributed by atoms with van der Waals surface area (Å²) in [6, 6.07) is 76.2. The molecule has 3 heteroatoms. The van der Waals surface area contributed by atoms with Crippen LogP contribution in [-0.4, -0.2) is 0 Å². The zero-order chi connectivity index (χ0) is 37.7. The van der Waals surface area contributed by atoms with Gasteiger partial charge in [0, 0.05) is 53.6 Å². The maximum Gasteiger partial charge on any atom is 0.143 e. The lowest BCUT2D eigenvalue weighted by molar-refractivity contribution is 0.670. The molecule has 0 atom stereocenters. The molecular weight excluding hydrogens is 711 g/mol. The molecule has 0 aliphatic carbocycles. The molecule has 0 saturated heterocycles. The maximum absolute atomic E-state index is 6.57. The minimum atomic E-state index is 0.896. The van der Waals surface area contributed by atoms with Crippen molar-refractivity contribution >= 4 is 70.5 Å². The number of furan rings is 1. The van der Waals surface area contributed by atoms with Gasteiger partial charge in [0.25, 0.3) is 0 Å². The number of para-hydroxylation sites is 1. The first-order valence-electron chi connectivity index (χ1n) is 19.3. The highest BCUT2D eigenvalue weighted by atomic mass is 32.1. The molecule has 2 aromatic heterocycles. The second-order valence-electron chi connectivity index (χ2n) is 14.5. The molecule has 0 aliphatic heterocycles. The van der Waals surface area contributed by atoms with Gasteiger partial charge in [0.15, 0.2) is 0 Å². The molecule has 11 aromatic rings.